The third kappa shape index (κ3) is 1.58. The van der Waals surface area contributed by atoms with Crippen molar-refractivity contribution in [2.75, 3.05) is 0 Å². The largest absolute Gasteiger partial charge is 0.389 e. The van der Waals surface area contributed by atoms with E-state index in [0.717, 1.165) is 6.42 Å². The van der Waals surface area contributed by atoms with E-state index < -0.39 is 0 Å². The Morgan fingerprint density at radius 1 is 1.25 bits per heavy atom. The molecule has 0 amide bonds. The third-order valence-electron chi connectivity index (χ3n) is 4.51. The monoisotopic (exact) mass is 216 g/mol. The molecule has 3 unspecified atom stereocenters. The predicted octanol–water partition coefficient (Wildman–Crippen LogP) is 3.34. The summed E-state index contributed by atoms with van der Waals surface area (Å²) in [7, 11) is 0. The Bertz CT molecular complexity index is 368. The Labute approximate surface area is 97.5 Å². The molecule has 1 heteroatoms. The molecule has 1 aromatic rings. The first kappa shape index (κ1) is 10.3. The third-order valence-corrected chi connectivity index (χ3v) is 4.51. The fourth-order valence-corrected chi connectivity index (χ4v) is 3.25. The molecule has 0 aromatic heterocycles. The van der Waals surface area contributed by atoms with Crippen molar-refractivity contribution in [2.24, 2.45) is 11.8 Å². The molecule has 0 bridgehead atoms. The summed E-state index contributed by atoms with van der Waals surface area (Å²) >= 11 is 0. The Morgan fingerprint density at radius 3 is 2.50 bits per heavy atom. The first-order chi connectivity index (χ1) is 7.75. The average Bonchev–Trinajstić information content (AvgIpc) is 3.20. The van der Waals surface area contributed by atoms with Gasteiger partial charge in [0.05, 0.1) is 5.60 Å². The standard InChI is InChI=1S/C15H20O/c1-2-15(16,12-8-9-12)14-10-13(14)11-6-4-3-5-7-11/h3-7,12-14,16H,2,8-10H2,1H3. The lowest BCUT2D eigenvalue weighted by molar-refractivity contribution is -0.0103. The van der Waals surface area contributed by atoms with Crippen molar-refractivity contribution in [3.8, 4) is 0 Å². The molecule has 0 aliphatic heterocycles. The van der Waals surface area contributed by atoms with E-state index in [1.165, 1.54) is 24.8 Å². The summed E-state index contributed by atoms with van der Waals surface area (Å²) in [5.41, 5.74) is 1.06. The zero-order chi connectivity index (χ0) is 11.2. The Balaban J connectivity index is 1.75. The second-order valence-corrected chi connectivity index (χ2v) is 5.48. The SMILES string of the molecule is CCC(O)(C1CC1)C1CC1c1ccccc1. The number of benzene rings is 1. The highest BCUT2D eigenvalue weighted by molar-refractivity contribution is 5.28. The molecule has 1 aromatic carbocycles. The Kier molecular flexibility index (Phi) is 2.32. The number of rotatable bonds is 4. The van der Waals surface area contributed by atoms with Gasteiger partial charge in [0.25, 0.3) is 0 Å². The number of aliphatic hydroxyl groups is 1. The van der Waals surface area contributed by atoms with Crippen molar-refractivity contribution < 1.29 is 5.11 Å². The molecule has 2 aliphatic rings. The summed E-state index contributed by atoms with van der Waals surface area (Å²) in [6.45, 7) is 2.14. The maximum Gasteiger partial charge on any atom is 0.0707 e. The van der Waals surface area contributed by atoms with Crippen molar-refractivity contribution in [1.82, 2.24) is 0 Å². The lowest BCUT2D eigenvalue weighted by Crippen LogP contribution is -2.33. The molecule has 2 fully saturated rings. The van der Waals surface area contributed by atoms with E-state index in [0.29, 0.717) is 17.8 Å². The topological polar surface area (TPSA) is 20.2 Å². The quantitative estimate of drug-likeness (QED) is 0.818. The van der Waals surface area contributed by atoms with Gasteiger partial charge in [0.2, 0.25) is 0 Å². The minimum absolute atomic E-state index is 0.361. The summed E-state index contributed by atoms with van der Waals surface area (Å²) in [4.78, 5) is 0. The molecule has 0 saturated heterocycles. The fourth-order valence-electron chi connectivity index (χ4n) is 3.25. The molecule has 0 spiro atoms. The Hall–Kier alpha value is -0.820. The molecule has 0 heterocycles. The predicted molar refractivity (Wildman–Crippen MR) is 65.3 cm³/mol. The summed E-state index contributed by atoms with van der Waals surface area (Å²) in [5, 5.41) is 10.7. The van der Waals surface area contributed by atoms with Gasteiger partial charge >= 0.3 is 0 Å². The summed E-state index contributed by atoms with van der Waals surface area (Å²) in [6.07, 6.45) is 4.58. The van der Waals surface area contributed by atoms with Crippen LogP contribution in [0.25, 0.3) is 0 Å². The van der Waals surface area contributed by atoms with Crippen LogP contribution >= 0.6 is 0 Å². The molecular formula is C15H20O. The van der Waals surface area contributed by atoms with E-state index in [9.17, 15) is 5.11 Å². The van der Waals surface area contributed by atoms with E-state index in [2.05, 4.69) is 37.3 Å². The number of hydrogen-bond donors (Lipinski definition) is 1. The van der Waals surface area contributed by atoms with Crippen molar-refractivity contribution in [3.05, 3.63) is 35.9 Å². The molecule has 0 radical (unpaired) electrons. The van der Waals surface area contributed by atoms with Gasteiger partial charge in [0, 0.05) is 0 Å². The highest BCUT2D eigenvalue weighted by Crippen LogP contribution is 2.60. The van der Waals surface area contributed by atoms with Crippen LogP contribution in [-0.2, 0) is 0 Å². The van der Waals surface area contributed by atoms with Gasteiger partial charge in [-0.25, -0.2) is 0 Å². The molecular weight excluding hydrogens is 196 g/mol. The van der Waals surface area contributed by atoms with E-state index in [4.69, 9.17) is 0 Å². The molecule has 3 atom stereocenters. The van der Waals surface area contributed by atoms with Crippen LogP contribution in [-0.4, -0.2) is 10.7 Å². The van der Waals surface area contributed by atoms with Crippen LogP contribution in [0.2, 0.25) is 0 Å². The van der Waals surface area contributed by atoms with Crippen LogP contribution in [0, 0.1) is 11.8 Å². The van der Waals surface area contributed by atoms with Gasteiger partial charge in [-0.3, -0.25) is 0 Å². The Morgan fingerprint density at radius 2 is 1.94 bits per heavy atom. The van der Waals surface area contributed by atoms with Crippen molar-refractivity contribution >= 4 is 0 Å². The van der Waals surface area contributed by atoms with Crippen molar-refractivity contribution in [3.63, 3.8) is 0 Å². The van der Waals surface area contributed by atoms with Gasteiger partial charge in [-0.2, -0.15) is 0 Å². The maximum atomic E-state index is 10.7. The van der Waals surface area contributed by atoms with Crippen LogP contribution < -0.4 is 0 Å². The van der Waals surface area contributed by atoms with E-state index in [1.54, 1.807) is 0 Å². The van der Waals surface area contributed by atoms with Gasteiger partial charge in [0.1, 0.15) is 0 Å². The summed E-state index contributed by atoms with van der Waals surface area (Å²) in [6, 6.07) is 10.7. The zero-order valence-corrected chi connectivity index (χ0v) is 9.89. The first-order valence-electron chi connectivity index (χ1n) is 6.53. The first-order valence-corrected chi connectivity index (χ1v) is 6.53. The van der Waals surface area contributed by atoms with Crippen LogP contribution in [0.4, 0.5) is 0 Å². The molecule has 3 rings (SSSR count). The summed E-state index contributed by atoms with van der Waals surface area (Å²) in [5.74, 6) is 1.73. The van der Waals surface area contributed by atoms with Crippen LogP contribution in [0.15, 0.2) is 30.3 Å². The second-order valence-electron chi connectivity index (χ2n) is 5.48. The van der Waals surface area contributed by atoms with E-state index >= 15 is 0 Å². The van der Waals surface area contributed by atoms with Gasteiger partial charge in [-0.1, -0.05) is 37.3 Å². The van der Waals surface area contributed by atoms with Crippen LogP contribution in [0.5, 0.6) is 0 Å². The van der Waals surface area contributed by atoms with Gasteiger partial charge in [-0.05, 0) is 49.0 Å². The maximum absolute atomic E-state index is 10.7. The van der Waals surface area contributed by atoms with E-state index in [1.807, 2.05) is 0 Å². The molecule has 1 N–H and O–H groups in total. The molecule has 86 valence electrons. The second kappa shape index (κ2) is 3.59. The van der Waals surface area contributed by atoms with Gasteiger partial charge in [0.15, 0.2) is 0 Å². The minimum atomic E-state index is -0.361. The average molecular weight is 216 g/mol. The normalized spacial score (nSPS) is 32.1. The molecule has 2 aliphatic carbocycles. The van der Waals surface area contributed by atoms with E-state index in [-0.39, 0.29) is 5.60 Å². The van der Waals surface area contributed by atoms with Crippen molar-refractivity contribution in [1.29, 1.82) is 0 Å². The smallest absolute Gasteiger partial charge is 0.0707 e. The zero-order valence-electron chi connectivity index (χ0n) is 9.89. The lowest BCUT2D eigenvalue weighted by Gasteiger charge is -2.27. The number of hydrogen-bond acceptors (Lipinski definition) is 1. The van der Waals surface area contributed by atoms with Crippen LogP contribution in [0.1, 0.15) is 44.1 Å². The fraction of sp³-hybridized carbons (Fsp3) is 0.600. The summed E-state index contributed by atoms with van der Waals surface area (Å²) < 4.78 is 0. The van der Waals surface area contributed by atoms with Crippen LogP contribution in [0.3, 0.4) is 0 Å². The molecule has 2 saturated carbocycles. The highest BCUT2D eigenvalue weighted by Gasteiger charge is 2.57. The van der Waals surface area contributed by atoms with Gasteiger partial charge in [-0.15, -0.1) is 0 Å². The highest BCUT2D eigenvalue weighted by atomic mass is 16.3. The minimum Gasteiger partial charge on any atom is -0.389 e. The van der Waals surface area contributed by atoms with Crippen molar-refractivity contribution in [2.45, 2.75) is 44.1 Å². The molecule has 1 nitrogen and oxygen atoms in total. The van der Waals surface area contributed by atoms with Gasteiger partial charge < -0.3 is 5.11 Å². The molecule has 16 heavy (non-hydrogen) atoms. The lowest BCUT2D eigenvalue weighted by atomic mass is 9.87.